The van der Waals surface area contributed by atoms with Crippen LogP contribution in [0.15, 0.2) is 39.9 Å². The molecule has 0 aliphatic heterocycles. The van der Waals surface area contributed by atoms with Crippen LogP contribution in [-0.2, 0) is 21.1 Å². The van der Waals surface area contributed by atoms with Gasteiger partial charge in [0.25, 0.3) is 0 Å². The highest BCUT2D eigenvalue weighted by Gasteiger charge is 2.07. The summed E-state index contributed by atoms with van der Waals surface area (Å²) in [5.41, 5.74) is 2.84. The summed E-state index contributed by atoms with van der Waals surface area (Å²) in [4.78, 5) is 8.96. The molecular formula is C19H28N4O4S. The van der Waals surface area contributed by atoms with E-state index in [9.17, 15) is 8.42 Å². The molecule has 2 rings (SSSR count). The van der Waals surface area contributed by atoms with E-state index in [0.29, 0.717) is 38.1 Å². The van der Waals surface area contributed by atoms with Crippen molar-refractivity contribution in [3.63, 3.8) is 0 Å². The van der Waals surface area contributed by atoms with Crippen molar-refractivity contribution < 1.29 is 17.6 Å². The molecule has 0 radical (unpaired) electrons. The number of nitrogens with zero attached hydrogens (tertiary/aromatic N) is 2. The molecule has 0 bridgehead atoms. The van der Waals surface area contributed by atoms with Crippen molar-refractivity contribution in [3.05, 3.63) is 41.8 Å². The fourth-order valence-electron chi connectivity index (χ4n) is 2.26. The fraction of sp³-hybridized carbons (Fsp3) is 0.474. The van der Waals surface area contributed by atoms with Gasteiger partial charge in [0.1, 0.15) is 21.8 Å². The van der Waals surface area contributed by atoms with Crippen molar-refractivity contribution in [1.29, 1.82) is 0 Å². The highest BCUT2D eigenvalue weighted by atomic mass is 32.2. The summed E-state index contributed by atoms with van der Waals surface area (Å²) >= 11 is 0. The zero-order chi connectivity index (χ0) is 20.4. The Labute approximate surface area is 166 Å². The molecule has 0 saturated carbocycles. The van der Waals surface area contributed by atoms with Gasteiger partial charge in [-0.25, -0.2) is 18.4 Å². The Morgan fingerprint density at radius 1 is 1.21 bits per heavy atom. The predicted molar refractivity (Wildman–Crippen MR) is 110 cm³/mol. The summed E-state index contributed by atoms with van der Waals surface area (Å²) < 4.78 is 32.9. The highest BCUT2D eigenvalue weighted by Crippen LogP contribution is 2.19. The zero-order valence-electron chi connectivity index (χ0n) is 16.6. The Morgan fingerprint density at radius 3 is 2.64 bits per heavy atom. The molecule has 2 N–H and O–H groups in total. The van der Waals surface area contributed by atoms with Gasteiger partial charge in [-0.2, -0.15) is 0 Å². The van der Waals surface area contributed by atoms with Gasteiger partial charge in [0.05, 0.1) is 25.5 Å². The van der Waals surface area contributed by atoms with Gasteiger partial charge >= 0.3 is 0 Å². The lowest BCUT2D eigenvalue weighted by Gasteiger charge is -2.11. The molecule has 9 heteroatoms. The van der Waals surface area contributed by atoms with Crippen molar-refractivity contribution in [2.45, 2.75) is 20.4 Å². The van der Waals surface area contributed by atoms with E-state index in [4.69, 9.17) is 9.15 Å². The molecule has 0 saturated heterocycles. The minimum absolute atomic E-state index is 0.0244. The standard InChI is InChI=1S/C19H28N4O4S/c1-4-20-19(21-9-10-26-11-12-28(3,24)25)22-13-17-14-27-18(23-17)16-7-5-15(2)6-8-16/h5-8,14H,4,9-13H2,1-3H3,(H2,20,21,22). The average Bonchev–Trinajstić information content (AvgIpc) is 3.11. The summed E-state index contributed by atoms with van der Waals surface area (Å²) in [5, 5.41) is 6.28. The first kappa shape index (κ1) is 21.9. The number of guanidine groups is 1. The number of oxazole rings is 1. The monoisotopic (exact) mass is 408 g/mol. The van der Waals surface area contributed by atoms with E-state index < -0.39 is 9.84 Å². The fourth-order valence-corrected chi connectivity index (χ4v) is 2.68. The lowest BCUT2D eigenvalue weighted by atomic mass is 10.1. The van der Waals surface area contributed by atoms with Crippen molar-refractivity contribution in [1.82, 2.24) is 15.6 Å². The molecule has 1 aromatic carbocycles. The smallest absolute Gasteiger partial charge is 0.226 e. The van der Waals surface area contributed by atoms with E-state index in [1.165, 1.54) is 11.8 Å². The summed E-state index contributed by atoms with van der Waals surface area (Å²) in [5.74, 6) is 1.23. The van der Waals surface area contributed by atoms with Gasteiger partial charge in [-0.3, -0.25) is 0 Å². The van der Waals surface area contributed by atoms with E-state index in [2.05, 4.69) is 20.6 Å². The van der Waals surface area contributed by atoms with Crippen LogP contribution in [0.5, 0.6) is 0 Å². The van der Waals surface area contributed by atoms with Crippen molar-refractivity contribution in [3.8, 4) is 11.5 Å². The van der Waals surface area contributed by atoms with Crippen LogP contribution in [0.1, 0.15) is 18.2 Å². The molecule has 1 aromatic heterocycles. The Hall–Kier alpha value is -2.39. The Morgan fingerprint density at radius 2 is 1.96 bits per heavy atom. The molecule has 28 heavy (non-hydrogen) atoms. The molecule has 8 nitrogen and oxygen atoms in total. The average molecular weight is 409 g/mol. The normalized spacial score (nSPS) is 12.2. The van der Waals surface area contributed by atoms with Crippen LogP contribution >= 0.6 is 0 Å². The lowest BCUT2D eigenvalue weighted by molar-refractivity contribution is 0.154. The summed E-state index contributed by atoms with van der Waals surface area (Å²) in [6.07, 6.45) is 2.80. The number of hydrogen-bond acceptors (Lipinski definition) is 6. The van der Waals surface area contributed by atoms with E-state index in [1.807, 2.05) is 38.1 Å². The van der Waals surface area contributed by atoms with Gasteiger partial charge in [0.2, 0.25) is 5.89 Å². The maximum Gasteiger partial charge on any atom is 0.226 e. The van der Waals surface area contributed by atoms with Crippen LogP contribution in [0.2, 0.25) is 0 Å². The minimum atomic E-state index is -2.99. The third kappa shape index (κ3) is 8.10. The molecule has 0 unspecified atom stereocenters. The Kier molecular flexibility index (Phi) is 8.46. The molecule has 0 aliphatic carbocycles. The molecule has 0 amide bonds. The van der Waals surface area contributed by atoms with E-state index in [0.717, 1.165) is 11.3 Å². The number of rotatable bonds is 10. The zero-order valence-corrected chi connectivity index (χ0v) is 17.4. The van der Waals surface area contributed by atoms with E-state index in [-0.39, 0.29) is 12.4 Å². The van der Waals surface area contributed by atoms with Gasteiger partial charge < -0.3 is 19.8 Å². The SMILES string of the molecule is CCNC(=NCc1coc(-c2ccc(C)cc2)n1)NCCOCCS(C)(=O)=O. The van der Waals surface area contributed by atoms with Crippen molar-refractivity contribution in [2.24, 2.45) is 4.99 Å². The minimum Gasteiger partial charge on any atom is -0.444 e. The quantitative estimate of drug-likeness (QED) is 0.351. The molecule has 0 aliphatic rings. The first-order chi connectivity index (χ1) is 13.4. The molecule has 0 fully saturated rings. The van der Waals surface area contributed by atoms with Gasteiger partial charge in [-0.15, -0.1) is 0 Å². The maximum atomic E-state index is 11.0. The molecule has 0 spiro atoms. The number of aliphatic imine (C=N–C) groups is 1. The largest absolute Gasteiger partial charge is 0.444 e. The number of ether oxygens (including phenoxy) is 1. The third-order valence-electron chi connectivity index (χ3n) is 3.73. The first-order valence-corrected chi connectivity index (χ1v) is 11.2. The van der Waals surface area contributed by atoms with E-state index in [1.54, 1.807) is 6.26 Å². The highest BCUT2D eigenvalue weighted by molar-refractivity contribution is 7.90. The van der Waals surface area contributed by atoms with Crippen molar-refractivity contribution in [2.75, 3.05) is 38.3 Å². The third-order valence-corrected chi connectivity index (χ3v) is 4.64. The summed E-state index contributed by atoms with van der Waals surface area (Å²) in [7, 11) is -2.99. The number of hydrogen-bond donors (Lipinski definition) is 2. The number of aryl methyl sites for hydroxylation is 1. The molecule has 154 valence electrons. The predicted octanol–water partition coefficient (Wildman–Crippen LogP) is 1.77. The van der Waals surface area contributed by atoms with Crippen LogP contribution < -0.4 is 10.6 Å². The Bertz CT molecular complexity index is 860. The van der Waals surface area contributed by atoms with Crippen LogP contribution in [-0.4, -0.2) is 57.7 Å². The topological polar surface area (TPSA) is 106 Å². The maximum absolute atomic E-state index is 11.0. The van der Waals surface area contributed by atoms with Gasteiger partial charge in [0, 0.05) is 24.9 Å². The molecule has 1 heterocycles. The van der Waals surface area contributed by atoms with E-state index >= 15 is 0 Å². The second-order valence-corrected chi connectivity index (χ2v) is 8.63. The van der Waals surface area contributed by atoms with Gasteiger partial charge in [-0.05, 0) is 26.0 Å². The molecule has 0 atom stereocenters. The molecule has 2 aromatic rings. The summed E-state index contributed by atoms with van der Waals surface area (Å²) in [6, 6.07) is 7.98. The summed E-state index contributed by atoms with van der Waals surface area (Å²) in [6.45, 7) is 6.20. The van der Waals surface area contributed by atoms with Crippen LogP contribution in [0.3, 0.4) is 0 Å². The number of aromatic nitrogens is 1. The number of benzene rings is 1. The van der Waals surface area contributed by atoms with Gasteiger partial charge in [0.15, 0.2) is 5.96 Å². The second-order valence-electron chi connectivity index (χ2n) is 6.37. The van der Waals surface area contributed by atoms with Crippen molar-refractivity contribution >= 4 is 15.8 Å². The first-order valence-electron chi connectivity index (χ1n) is 9.16. The van der Waals surface area contributed by atoms with Crippen LogP contribution in [0, 0.1) is 6.92 Å². The van der Waals surface area contributed by atoms with Gasteiger partial charge in [-0.1, -0.05) is 17.7 Å². The lowest BCUT2D eigenvalue weighted by Crippen LogP contribution is -2.39. The number of nitrogens with one attached hydrogen (secondary N) is 2. The Balaban J connectivity index is 1.82. The molecular weight excluding hydrogens is 380 g/mol. The number of sulfone groups is 1. The van der Waals surface area contributed by atoms with Crippen LogP contribution in [0.25, 0.3) is 11.5 Å². The van der Waals surface area contributed by atoms with Crippen LogP contribution in [0.4, 0.5) is 0 Å². The second kappa shape index (κ2) is 10.8.